The van der Waals surface area contributed by atoms with E-state index < -0.39 is 0 Å². The third-order valence-electron chi connectivity index (χ3n) is 3.88. The van der Waals surface area contributed by atoms with Crippen molar-refractivity contribution < 1.29 is 9.47 Å². The second-order valence-electron chi connectivity index (χ2n) is 5.01. The number of anilines is 1. The van der Waals surface area contributed by atoms with Crippen LogP contribution in [0.2, 0.25) is 5.28 Å². The number of halogens is 1. The van der Waals surface area contributed by atoms with E-state index in [-0.39, 0.29) is 11.1 Å². The van der Waals surface area contributed by atoms with E-state index in [9.17, 15) is 0 Å². The number of piperidine rings is 1. The summed E-state index contributed by atoms with van der Waals surface area (Å²) in [7, 11) is 0. The summed E-state index contributed by atoms with van der Waals surface area (Å²) in [5, 5.41) is 0.216. The van der Waals surface area contributed by atoms with Crippen molar-refractivity contribution in [3.8, 4) is 0 Å². The van der Waals surface area contributed by atoms with Crippen LogP contribution in [0.4, 0.5) is 5.82 Å². The highest BCUT2D eigenvalue weighted by atomic mass is 35.5. The van der Waals surface area contributed by atoms with Gasteiger partial charge in [-0.1, -0.05) is 0 Å². The van der Waals surface area contributed by atoms with Crippen molar-refractivity contribution in [3.63, 3.8) is 0 Å². The molecule has 7 nitrogen and oxygen atoms in total. The number of hydrogen-bond acceptors (Lipinski definition) is 6. The van der Waals surface area contributed by atoms with E-state index in [1.54, 1.807) is 6.33 Å². The molecule has 2 fully saturated rings. The highest BCUT2D eigenvalue weighted by Gasteiger charge is 2.40. The number of rotatable bonds is 1. The number of fused-ring (bicyclic) bond motifs is 1. The molecular weight excluding hydrogens is 282 g/mol. The molecule has 2 aliphatic heterocycles. The molecule has 1 spiro atoms. The Morgan fingerprint density at radius 2 is 1.95 bits per heavy atom. The Bertz CT molecular complexity index is 630. The van der Waals surface area contributed by atoms with E-state index in [1.807, 2.05) is 0 Å². The van der Waals surface area contributed by atoms with Gasteiger partial charge in [0, 0.05) is 25.9 Å². The van der Waals surface area contributed by atoms with E-state index in [4.69, 9.17) is 21.1 Å². The van der Waals surface area contributed by atoms with Gasteiger partial charge in [0.15, 0.2) is 17.3 Å². The zero-order chi connectivity index (χ0) is 13.6. The van der Waals surface area contributed by atoms with Crippen LogP contribution in [0.5, 0.6) is 0 Å². The molecule has 106 valence electrons. The molecule has 1 N–H and O–H groups in total. The molecule has 20 heavy (non-hydrogen) atoms. The minimum absolute atomic E-state index is 0.216. The molecule has 0 saturated carbocycles. The standard InChI is InChI=1S/C12H14ClN5O2/c13-11-16-9-8(14-7-15-9)10(17-11)18-3-1-12(2-4-18)19-5-6-20-12/h7H,1-6H2,(H,14,15,16,17). The average Bonchev–Trinajstić information content (AvgIpc) is 3.08. The molecule has 0 bridgehead atoms. The average molecular weight is 296 g/mol. The fourth-order valence-electron chi connectivity index (χ4n) is 2.87. The van der Waals surface area contributed by atoms with Crippen LogP contribution in [0.1, 0.15) is 12.8 Å². The van der Waals surface area contributed by atoms with Gasteiger partial charge in [0.25, 0.3) is 0 Å². The predicted molar refractivity (Wildman–Crippen MR) is 72.8 cm³/mol. The Kier molecular flexibility index (Phi) is 2.80. The Balaban J connectivity index is 1.62. The summed E-state index contributed by atoms with van der Waals surface area (Å²) in [6.45, 7) is 2.98. The first-order chi connectivity index (χ1) is 9.76. The number of nitrogens with zero attached hydrogens (tertiary/aromatic N) is 4. The van der Waals surface area contributed by atoms with Crippen LogP contribution >= 0.6 is 11.6 Å². The van der Waals surface area contributed by atoms with E-state index in [2.05, 4.69) is 24.8 Å². The Morgan fingerprint density at radius 1 is 1.20 bits per heavy atom. The summed E-state index contributed by atoms with van der Waals surface area (Å²) in [5.74, 6) is 0.408. The van der Waals surface area contributed by atoms with E-state index in [0.717, 1.165) is 37.3 Å². The third-order valence-corrected chi connectivity index (χ3v) is 4.05. The second kappa shape index (κ2) is 4.54. The molecule has 2 saturated heterocycles. The van der Waals surface area contributed by atoms with Gasteiger partial charge in [-0.25, -0.2) is 4.98 Å². The minimum Gasteiger partial charge on any atom is -0.354 e. The second-order valence-corrected chi connectivity index (χ2v) is 5.35. The number of H-pyrrole nitrogens is 1. The summed E-state index contributed by atoms with van der Waals surface area (Å²) < 4.78 is 11.5. The molecule has 4 rings (SSSR count). The lowest BCUT2D eigenvalue weighted by Crippen LogP contribution is -2.45. The Hall–Kier alpha value is -1.44. The van der Waals surface area contributed by atoms with Crippen LogP contribution in [0.3, 0.4) is 0 Å². The number of aromatic amines is 1. The first-order valence-electron chi connectivity index (χ1n) is 6.65. The molecule has 2 aromatic heterocycles. The van der Waals surface area contributed by atoms with Gasteiger partial charge in [-0.3, -0.25) is 0 Å². The predicted octanol–water partition coefficient (Wildman–Crippen LogP) is 1.35. The summed E-state index contributed by atoms with van der Waals surface area (Å²) >= 11 is 5.97. The quantitative estimate of drug-likeness (QED) is 0.800. The summed E-state index contributed by atoms with van der Waals surface area (Å²) in [4.78, 5) is 17.8. The number of aromatic nitrogens is 4. The van der Waals surface area contributed by atoms with Crippen molar-refractivity contribution in [2.24, 2.45) is 0 Å². The lowest BCUT2D eigenvalue weighted by Gasteiger charge is -2.38. The van der Waals surface area contributed by atoms with Crippen molar-refractivity contribution >= 4 is 28.6 Å². The van der Waals surface area contributed by atoms with Gasteiger partial charge in [0.05, 0.1) is 19.5 Å². The van der Waals surface area contributed by atoms with Crippen molar-refractivity contribution in [1.82, 2.24) is 19.9 Å². The first-order valence-corrected chi connectivity index (χ1v) is 7.03. The maximum Gasteiger partial charge on any atom is 0.226 e. The lowest BCUT2D eigenvalue weighted by atomic mass is 10.0. The minimum atomic E-state index is -0.388. The van der Waals surface area contributed by atoms with E-state index in [1.165, 1.54) is 0 Å². The summed E-state index contributed by atoms with van der Waals surface area (Å²) in [5.41, 5.74) is 1.41. The maximum absolute atomic E-state index is 5.97. The van der Waals surface area contributed by atoms with E-state index in [0.29, 0.717) is 18.9 Å². The van der Waals surface area contributed by atoms with Gasteiger partial charge in [0.2, 0.25) is 5.28 Å². The van der Waals surface area contributed by atoms with E-state index >= 15 is 0 Å². The third kappa shape index (κ3) is 1.93. The van der Waals surface area contributed by atoms with Crippen LogP contribution in [-0.4, -0.2) is 52.0 Å². The van der Waals surface area contributed by atoms with Crippen molar-refractivity contribution in [1.29, 1.82) is 0 Å². The van der Waals surface area contributed by atoms with Crippen molar-refractivity contribution in [2.75, 3.05) is 31.2 Å². The van der Waals surface area contributed by atoms with Crippen LogP contribution in [0.25, 0.3) is 11.2 Å². The Labute approximate surface area is 120 Å². The maximum atomic E-state index is 5.97. The molecule has 0 atom stereocenters. The molecule has 0 aromatic carbocycles. The summed E-state index contributed by atoms with van der Waals surface area (Å²) in [6, 6.07) is 0. The molecular formula is C12H14ClN5O2. The fraction of sp³-hybridized carbons (Fsp3) is 0.583. The van der Waals surface area contributed by atoms with Crippen LogP contribution in [-0.2, 0) is 9.47 Å². The molecule has 4 heterocycles. The molecule has 0 amide bonds. The first kappa shape index (κ1) is 12.3. The number of hydrogen-bond donors (Lipinski definition) is 1. The molecule has 0 unspecified atom stereocenters. The SMILES string of the molecule is Clc1nc(N2CCC3(CC2)OCCO3)c2[nH]cnc2n1. The number of imidazole rings is 1. The highest BCUT2D eigenvalue weighted by Crippen LogP contribution is 2.34. The zero-order valence-electron chi connectivity index (χ0n) is 10.8. The van der Waals surface area contributed by atoms with Gasteiger partial charge in [-0.05, 0) is 11.6 Å². The van der Waals surface area contributed by atoms with Crippen LogP contribution in [0, 0.1) is 0 Å². The monoisotopic (exact) mass is 295 g/mol. The summed E-state index contributed by atoms with van der Waals surface area (Å²) in [6.07, 6.45) is 3.25. The lowest BCUT2D eigenvalue weighted by molar-refractivity contribution is -0.169. The van der Waals surface area contributed by atoms with Gasteiger partial charge < -0.3 is 19.4 Å². The van der Waals surface area contributed by atoms with Crippen LogP contribution < -0.4 is 4.90 Å². The topological polar surface area (TPSA) is 76.2 Å². The highest BCUT2D eigenvalue weighted by molar-refractivity contribution is 6.28. The molecule has 2 aliphatic rings. The molecule has 0 radical (unpaired) electrons. The molecule has 2 aromatic rings. The van der Waals surface area contributed by atoms with Gasteiger partial charge >= 0.3 is 0 Å². The molecule has 8 heteroatoms. The normalized spacial score (nSPS) is 21.9. The number of ether oxygens (including phenoxy) is 2. The van der Waals surface area contributed by atoms with Gasteiger partial charge in [-0.2, -0.15) is 9.97 Å². The van der Waals surface area contributed by atoms with Gasteiger partial charge in [-0.15, -0.1) is 0 Å². The number of nitrogens with one attached hydrogen (secondary N) is 1. The fourth-order valence-corrected chi connectivity index (χ4v) is 3.03. The largest absolute Gasteiger partial charge is 0.354 e. The molecule has 0 aliphatic carbocycles. The van der Waals surface area contributed by atoms with Gasteiger partial charge in [0.1, 0.15) is 5.52 Å². The van der Waals surface area contributed by atoms with Crippen molar-refractivity contribution in [3.05, 3.63) is 11.6 Å². The smallest absolute Gasteiger partial charge is 0.226 e. The zero-order valence-corrected chi connectivity index (χ0v) is 11.6. The Morgan fingerprint density at radius 3 is 2.70 bits per heavy atom. The van der Waals surface area contributed by atoms with Crippen molar-refractivity contribution in [2.45, 2.75) is 18.6 Å². The van der Waals surface area contributed by atoms with Crippen LogP contribution in [0.15, 0.2) is 6.33 Å².